The Bertz CT molecular complexity index is 461. The second kappa shape index (κ2) is 8.02. The number of nitrogens with one attached hydrogen (secondary N) is 1. The van der Waals surface area contributed by atoms with Gasteiger partial charge in [-0.1, -0.05) is 23.8 Å². The molecule has 1 rings (SSSR count). The van der Waals surface area contributed by atoms with Gasteiger partial charge in [0.2, 0.25) is 0 Å². The first-order chi connectivity index (χ1) is 9.02. The number of halogens is 1. The molecular formula is C14H18ClNO2S. The zero-order valence-corrected chi connectivity index (χ0v) is 12.8. The third-order valence-corrected chi connectivity index (χ3v) is 2.60. The molecule has 19 heavy (non-hydrogen) atoms. The van der Waals surface area contributed by atoms with E-state index >= 15 is 0 Å². The standard InChI is InChI=1S/C14H18ClNO2S/c1-4-5-8-17-13-9-11(6-7-12(13)15)16-14(19)18-10(2)3/h4-7,9-10H,8H2,1-3H3,(H,16,19)/b5-4+. The predicted molar refractivity (Wildman–Crippen MR) is 84.2 cm³/mol. The Morgan fingerprint density at radius 2 is 2.21 bits per heavy atom. The van der Waals surface area contributed by atoms with Crippen LogP contribution in [0.3, 0.4) is 0 Å². The van der Waals surface area contributed by atoms with Crippen LogP contribution in [0.4, 0.5) is 5.69 Å². The Morgan fingerprint density at radius 3 is 2.84 bits per heavy atom. The first-order valence-corrected chi connectivity index (χ1v) is 6.82. The highest BCUT2D eigenvalue weighted by molar-refractivity contribution is 7.80. The molecule has 0 aliphatic rings. The first kappa shape index (κ1) is 15.8. The number of allylic oxidation sites excluding steroid dienone is 1. The Labute approximate surface area is 124 Å². The summed E-state index contributed by atoms with van der Waals surface area (Å²) in [6.45, 7) is 6.25. The number of thiocarbonyl (C=S) groups is 1. The van der Waals surface area contributed by atoms with Gasteiger partial charge < -0.3 is 14.8 Å². The molecule has 1 aromatic carbocycles. The molecule has 0 heterocycles. The van der Waals surface area contributed by atoms with Gasteiger partial charge in [0.1, 0.15) is 12.4 Å². The van der Waals surface area contributed by atoms with Gasteiger partial charge >= 0.3 is 0 Å². The number of hydrogen-bond donors (Lipinski definition) is 1. The quantitative estimate of drug-likeness (QED) is 0.644. The molecule has 0 atom stereocenters. The van der Waals surface area contributed by atoms with Crippen molar-refractivity contribution in [2.75, 3.05) is 11.9 Å². The molecule has 0 amide bonds. The van der Waals surface area contributed by atoms with E-state index in [9.17, 15) is 0 Å². The molecule has 5 heteroatoms. The number of benzene rings is 1. The van der Waals surface area contributed by atoms with Crippen LogP contribution in [-0.2, 0) is 4.74 Å². The minimum Gasteiger partial charge on any atom is -0.488 e. The molecule has 0 unspecified atom stereocenters. The van der Waals surface area contributed by atoms with Crippen molar-refractivity contribution in [3.05, 3.63) is 35.4 Å². The lowest BCUT2D eigenvalue weighted by molar-refractivity contribution is 0.235. The molecular weight excluding hydrogens is 282 g/mol. The highest BCUT2D eigenvalue weighted by Crippen LogP contribution is 2.28. The van der Waals surface area contributed by atoms with E-state index < -0.39 is 0 Å². The third-order valence-electron chi connectivity index (χ3n) is 2.09. The van der Waals surface area contributed by atoms with Crippen molar-refractivity contribution in [1.82, 2.24) is 0 Å². The second-order valence-electron chi connectivity index (χ2n) is 4.10. The number of ether oxygens (including phenoxy) is 2. The van der Waals surface area contributed by atoms with Crippen LogP contribution in [0.25, 0.3) is 0 Å². The monoisotopic (exact) mass is 299 g/mol. The van der Waals surface area contributed by atoms with Crippen molar-refractivity contribution in [3.63, 3.8) is 0 Å². The van der Waals surface area contributed by atoms with Crippen LogP contribution in [0.5, 0.6) is 5.75 Å². The Balaban J connectivity index is 2.69. The van der Waals surface area contributed by atoms with Crippen LogP contribution in [0.1, 0.15) is 20.8 Å². The van der Waals surface area contributed by atoms with Crippen molar-refractivity contribution in [2.45, 2.75) is 26.9 Å². The molecule has 0 aromatic heterocycles. The van der Waals surface area contributed by atoms with Crippen LogP contribution in [0.2, 0.25) is 5.02 Å². The SMILES string of the molecule is C/C=C/COc1cc(NC(=S)OC(C)C)ccc1Cl. The minimum atomic E-state index is 0.0395. The van der Waals surface area contributed by atoms with Crippen LogP contribution in [0.15, 0.2) is 30.4 Å². The Hall–Kier alpha value is -1.26. The highest BCUT2D eigenvalue weighted by atomic mass is 35.5. The topological polar surface area (TPSA) is 30.5 Å². The summed E-state index contributed by atoms with van der Waals surface area (Å²) in [7, 11) is 0. The minimum absolute atomic E-state index is 0.0395. The fraction of sp³-hybridized carbons (Fsp3) is 0.357. The highest BCUT2D eigenvalue weighted by Gasteiger charge is 2.06. The lowest BCUT2D eigenvalue weighted by Crippen LogP contribution is -2.17. The molecule has 0 bridgehead atoms. The fourth-order valence-electron chi connectivity index (χ4n) is 1.29. The smallest absolute Gasteiger partial charge is 0.261 e. The van der Waals surface area contributed by atoms with Gasteiger partial charge in [-0.2, -0.15) is 0 Å². The van der Waals surface area contributed by atoms with Crippen LogP contribution >= 0.6 is 23.8 Å². The van der Waals surface area contributed by atoms with Crippen molar-refractivity contribution in [3.8, 4) is 5.75 Å². The maximum absolute atomic E-state index is 6.06. The molecule has 0 aliphatic carbocycles. The van der Waals surface area contributed by atoms with Gasteiger partial charge in [0.25, 0.3) is 5.17 Å². The van der Waals surface area contributed by atoms with Gasteiger partial charge in [0.05, 0.1) is 11.1 Å². The summed E-state index contributed by atoms with van der Waals surface area (Å²) in [5.41, 5.74) is 0.783. The summed E-state index contributed by atoms with van der Waals surface area (Å²) < 4.78 is 10.9. The molecule has 0 fully saturated rings. The first-order valence-electron chi connectivity index (χ1n) is 6.04. The maximum Gasteiger partial charge on any atom is 0.261 e. The van der Waals surface area contributed by atoms with Crippen LogP contribution < -0.4 is 10.1 Å². The van der Waals surface area contributed by atoms with Crippen molar-refractivity contribution >= 4 is 34.7 Å². The van der Waals surface area contributed by atoms with E-state index in [-0.39, 0.29) is 6.10 Å². The molecule has 0 aliphatic heterocycles. The molecule has 0 saturated carbocycles. The van der Waals surface area contributed by atoms with Crippen molar-refractivity contribution in [2.24, 2.45) is 0 Å². The normalized spacial score (nSPS) is 10.8. The predicted octanol–water partition coefficient (Wildman–Crippen LogP) is 4.42. The van der Waals surface area contributed by atoms with Crippen molar-refractivity contribution in [1.29, 1.82) is 0 Å². The van der Waals surface area contributed by atoms with Crippen LogP contribution in [-0.4, -0.2) is 17.9 Å². The number of anilines is 1. The summed E-state index contributed by atoms with van der Waals surface area (Å²) >= 11 is 11.1. The van der Waals surface area contributed by atoms with E-state index in [4.69, 9.17) is 33.3 Å². The summed E-state index contributed by atoms with van der Waals surface area (Å²) in [5.74, 6) is 0.608. The van der Waals surface area contributed by atoms with E-state index in [1.54, 1.807) is 12.1 Å². The van der Waals surface area contributed by atoms with Gasteiger partial charge in [-0.25, -0.2) is 0 Å². The van der Waals surface area contributed by atoms with E-state index in [2.05, 4.69) is 5.32 Å². The van der Waals surface area contributed by atoms with E-state index in [0.29, 0.717) is 22.6 Å². The van der Waals surface area contributed by atoms with Gasteiger partial charge in [0.15, 0.2) is 0 Å². The molecule has 0 spiro atoms. The maximum atomic E-state index is 6.06. The Morgan fingerprint density at radius 1 is 1.47 bits per heavy atom. The summed E-state index contributed by atoms with van der Waals surface area (Å²) in [6.07, 6.45) is 3.86. The average Bonchev–Trinajstić information content (AvgIpc) is 2.32. The van der Waals surface area contributed by atoms with E-state index in [1.807, 2.05) is 39.0 Å². The molecule has 0 radical (unpaired) electrons. The van der Waals surface area contributed by atoms with E-state index in [1.165, 1.54) is 0 Å². The van der Waals surface area contributed by atoms with Gasteiger partial charge in [-0.3, -0.25) is 0 Å². The molecule has 1 aromatic rings. The fourth-order valence-corrected chi connectivity index (χ4v) is 1.77. The van der Waals surface area contributed by atoms with E-state index in [0.717, 1.165) is 5.69 Å². The zero-order chi connectivity index (χ0) is 14.3. The third kappa shape index (κ3) is 5.94. The van der Waals surface area contributed by atoms with Crippen LogP contribution in [0, 0.1) is 0 Å². The summed E-state index contributed by atoms with van der Waals surface area (Å²) in [5, 5.41) is 3.88. The summed E-state index contributed by atoms with van der Waals surface area (Å²) in [6, 6.07) is 5.37. The molecule has 3 nitrogen and oxygen atoms in total. The van der Waals surface area contributed by atoms with Crippen molar-refractivity contribution < 1.29 is 9.47 Å². The lowest BCUT2D eigenvalue weighted by Gasteiger charge is -2.13. The van der Waals surface area contributed by atoms with Gasteiger partial charge in [0, 0.05) is 11.8 Å². The van der Waals surface area contributed by atoms with Gasteiger partial charge in [-0.05, 0) is 45.1 Å². The van der Waals surface area contributed by atoms with Gasteiger partial charge in [-0.15, -0.1) is 0 Å². The number of rotatable bonds is 5. The lowest BCUT2D eigenvalue weighted by atomic mass is 10.3. The molecule has 104 valence electrons. The largest absolute Gasteiger partial charge is 0.488 e. The average molecular weight is 300 g/mol. The number of hydrogen-bond acceptors (Lipinski definition) is 3. The second-order valence-corrected chi connectivity index (χ2v) is 4.88. The molecule has 1 N–H and O–H groups in total. The Kier molecular flexibility index (Phi) is 6.67. The summed E-state index contributed by atoms with van der Waals surface area (Å²) in [4.78, 5) is 0. The molecule has 0 saturated heterocycles. The zero-order valence-electron chi connectivity index (χ0n) is 11.3.